The van der Waals surface area contributed by atoms with Crippen molar-refractivity contribution in [3.05, 3.63) is 27.9 Å². The fourth-order valence-electron chi connectivity index (χ4n) is 1.68. The van der Waals surface area contributed by atoms with Crippen molar-refractivity contribution >= 4 is 61.0 Å². The number of ether oxygens (including phenoxy) is 2. The Balaban J connectivity index is 2.42. The maximum Gasteiger partial charge on any atom is 0.308 e. The number of aliphatic imine (C=N–C) groups is 1. The van der Waals surface area contributed by atoms with Gasteiger partial charge in [-0.3, -0.25) is 9.59 Å². The van der Waals surface area contributed by atoms with Crippen LogP contribution >= 0.6 is 39.5 Å². The number of halogens is 1. The van der Waals surface area contributed by atoms with Gasteiger partial charge in [-0.25, -0.2) is 4.99 Å². The lowest BCUT2D eigenvalue weighted by atomic mass is 10.1. The van der Waals surface area contributed by atoms with E-state index in [4.69, 9.17) is 9.47 Å². The summed E-state index contributed by atoms with van der Waals surface area (Å²) in [6.45, 7) is 1.32. The fourth-order valence-corrected chi connectivity index (χ4v) is 3.38. The average molecular weight is 402 g/mol. The zero-order valence-electron chi connectivity index (χ0n) is 12.0. The molecule has 1 aliphatic rings. The number of nitrogens with zero attached hydrogens (tertiary/aromatic N) is 1. The SMILES string of the molecule is COc1cc(/C=C2/N=C(SC)SC2=O)c(Br)cc1OC(C)=O. The van der Waals surface area contributed by atoms with Crippen LogP contribution in [-0.2, 0) is 9.59 Å². The largest absolute Gasteiger partial charge is 0.493 e. The Morgan fingerprint density at radius 3 is 2.68 bits per heavy atom. The number of hydrogen-bond donors (Lipinski definition) is 0. The molecule has 0 radical (unpaired) electrons. The smallest absolute Gasteiger partial charge is 0.308 e. The molecule has 0 unspecified atom stereocenters. The second-order valence-electron chi connectivity index (χ2n) is 4.12. The summed E-state index contributed by atoms with van der Waals surface area (Å²) in [4.78, 5) is 27.2. The van der Waals surface area contributed by atoms with Crippen LogP contribution in [0, 0.1) is 0 Å². The number of esters is 1. The highest BCUT2D eigenvalue weighted by molar-refractivity contribution is 9.10. The summed E-state index contributed by atoms with van der Waals surface area (Å²) in [5.74, 6) is 0.273. The number of carbonyl (C=O) groups excluding carboxylic acids is 2. The first-order valence-corrected chi connectivity index (χ1v) is 8.90. The number of rotatable bonds is 3. The zero-order valence-corrected chi connectivity index (χ0v) is 15.2. The molecule has 0 N–H and O–H groups in total. The Morgan fingerprint density at radius 1 is 1.41 bits per heavy atom. The van der Waals surface area contributed by atoms with Crippen molar-refractivity contribution in [3.63, 3.8) is 0 Å². The molecule has 8 heteroatoms. The van der Waals surface area contributed by atoms with Gasteiger partial charge in [0.15, 0.2) is 11.5 Å². The number of methoxy groups -OCH3 is 1. The van der Waals surface area contributed by atoms with Crippen LogP contribution in [0.2, 0.25) is 0 Å². The first-order valence-electron chi connectivity index (χ1n) is 6.07. The van der Waals surface area contributed by atoms with Crippen LogP contribution in [0.1, 0.15) is 12.5 Å². The molecule has 1 heterocycles. The first kappa shape index (κ1) is 17.1. The van der Waals surface area contributed by atoms with E-state index in [-0.39, 0.29) is 5.12 Å². The fraction of sp³-hybridized carbons (Fsp3) is 0.214. The molecule has 0 atom stereocenters. The van der Waals surface area contributed by atoms with E-state index in [0.717, 1.165) is 16.1 Å². The van der Waals surface area contributed by atoms with Crippen LogP contribution in [0.5, 0.6) is 11.5 Å². The molecule has 116 valence electrons. The number of hydrogen-bond acceptors (Lipinski definition) is 7. The Hall–Kier alpha value is -1.25. The third kappa shape index (κ3) is 3.93. The maximum absolute atomic E-state index is 11.9. The molecule has 0 saturated carbocycles. The van der Waals surface area contributed by atoms with Crippen molar-refractivity contribution in [2.75, 3.05) is 13.4 Å². The lowest BCUT2D eigenvalue weighted by Crippen LogP contribution is -2.03. The highest BCUT2D eigenvalue weighted by Crippen LogP contribution is 2.36. The van der Waals surface area contributed by atoms with E-state index in [1.54, 1.807) is 18.2 Å². The molecule has 1 aliphatic heterocycles. The lowest BCUT2D eigenvalue weighted by molar-refractivity contribution is -0.132. The van der Waals surface area contributed by atoms with Crippen molar-refractivity contribution in [2.45, 2.75) is 6.92 Å². The van der Waals surface area contributed by atoms with Gasteiger partial charge in [0.2, 0.25) is 5.12 Å². The Labute approximate surface area is 144 Å². The summed E-state index contributed by atoms with van der Waals surface area (Å²) < 4.78 is 11.7. The van der Waals surface area contributed by atoms with Gasteiger partial charge < -0.3 is 9.47 Å². The van der Waals surface area contributed by atoms with Gasteiger partial charge in [0.05, 0.1) is 7.11 Å². The molecule has 1 aromatic rings. The van der Waals surface area contributed by atoms with Gasteiger partial charge in [-0.2, -0.15) is 0 Å². The highest BCUT2D eigenvalue weighted by atomic mass is 79.9. The third-order valence-corrected chi connectivity index (χ3v) is 5.14. The van der Waals surface area contributed by atoms with Gasteiger partial charge in [0, 0.05) is 11.4 Å². The summed E-state index contributed by atoms with van der Waals surface area (Å²) >= 11 is 5.94. The molecule has 0 saturated heterocycles. The minimum atomic E-state index is -0.437. The molecular weight excluding hydrogens is 390 g/mol. The van der Waals surface area contributed by atoms with E-state index >= 15 is 0 Å². The molecule has 0 spiro atoms. The molecule has 5 nitrogen and oxygen atoms in total. The van der Waals surface area contributed by atoms with Gasteiger partial charge in [-0.15, -0.1) is 11.8 Å². The number of benzene rings is 1. The maximum atomic E-state index is 11.9. The van der Waals surface area contributed by atoms with E-state index in [0.29, 0.717) is 27.2 Å². The van der Waals surface area contributed by atoms with Crippen molar-refractivity contribution in [1.29, 1.82) is 0 Å². The lowest BCUT2D eigenvalue weighted by Gasteiger charge is -2.10. The van der Waals surface area contributed by atoms with Crippen molar-refractivity contribution < 1.29 is 19.1 Å². The van der Waals surface area contributed by atoms with Gasteiger partial charge in [0.1, 0.15) is 10.1 Å². The third-order valence-electron chi connectivity index (χ3n) is 2.60. The van der Waals surface area contributed by atoms with Crippen LogP contribution in [0.3, 0.4) is 0 Å². The van der Waals surface area contributed by atoms with E-state index in [1.807, 2.05) is 6.26 Å². The van der Waals surface area contributed by atoms with E-state index < -0.39 is 5.97 Å². The van der Waals surface area contributed by atoms with E-state index in [2.05, 4.69) is 20.9 Å². The van der Waals surface area contributed by atoms with Crippen molar-refractivity contribution in [1.82, 2.24) is 0 Å². The van der Waals surface area contributed by atoms with Crippen LogP contribution in [0.25, 0.3) is 6.08 Å². The predicted molar refractivity (Wildman–Crippen MR) is 93.5 cm³/mol. The van der Waals surface area contributed by atoms with Gasteiger partial charge >= 0.3 is 5.97 Å². The van der Waals surface area contributed by atoms with Gasteiger partial charge in [-0.1, -0.05) is 15.9 Å². The highest BCUT2D eigenvalue weighted by Gasteiger charge is 2.22. The minimum absolute atomic E-state index is 0.0979. The summed E-state index contributed by atoms with van der Waals surface area (Å²) in [5.41, 5.74) is 1.08. The molecule has 0 aromatic heterocycles. The number of carbonyl (C=O) groups is 2. The topological polar surface area (TPSA) is 65.0 Å². The standard InChI is InChI=1S/C14H12BrNO4S2/c1-7(17)20-12-6-9(15)8(5-11(12)19-2)4-10-13(18)22-14(16-10)21-3/h4-6H,1-3H3/b10-4+. The molecule has 2 rings (SSSR count). The molecule has 1 aromatic carbocycles. The van der Waals surface area contributed by atoms with Gasteiger partial charge in [-0.05, 0) is 41.8 Å². The second-order valence-corrected chi connectivity index (χ2v) is 6.99. The summed E-state index contributed by atoms with van der Waals surface area (Å²) in [6, 6.07) is 3.30. The molecule has 0 amide bonds. The van der Waals surface area contributed by atoms with Crippen LogP contribution in [0.4, 0.5) is 0 Å². The molecule has 22 heavy (non-hydrogen) atoms. The monoisotopic (exact) mass is 401 g/mol. The average Bonchev–Trinajstić information content (AvgIpc) is 2.81. The van der Waals surface area contributed by atoms with Gasteiger partial charge in [0.25, 0.3) is 0 Å². The van der Waals surface area contributed by atoms with Crippen LogP contribution in [-0.4, -0.2) is 28.8 Å². The summed E-state index contributed by atoms with van der Waals surface area (Å²) in [5, 5.41) is -0.0979. The molecule has 0 fully saturated rings. The van der Waals surface area contributed by atoms with E-state index in [9.17, 15) is 9.59 Å². The normalized spacial score (nSPS) is 15.9. The Bertz CT molecular complexity index is 700. The van der Waals surface area contributed by atoms with Crippen molar-refractivity contribution in [2.24, 2.45) is 4.99 Å². The van der Waals surface area contributed by atoms with Crippen LogP contribution < -0.4 is 9.47 Å². The predicted octanol–water partition coefficient (Wildman–Crippen LogP) is 3.72. The second kappa shape index (κ2) is 7.34. The summed E-state index contributed by atoms with van der Waals surface area (Å²) in [7, 11) is 1.48. The minimum Gasteiger partial charge on any atom is -0.493 e. The Kier molecular flexibility index (Phi) is 5.71. The summed E-state index contributed by atoms with van der Waals surface area (Å²) in [6.07, 6.45) is 3.54. The Morgan fingerprint density at radius 2 is 2.14 bits per heavy atom. The van der Waals surface area contributed by atoms with Crippen LogP contribution in [0.15, 0.2) is 27.3 Å². The first-order chi connectivity index (χ1) is 10.4. The molecular formula is C14H12BrNO4S2. The zero-order chi connectivity index (χ0) is 16.3. The molecule has 0 bridgehead atoms. The molecule has 0 aliphatic carbocycles. The van der Waals surface area contributed by atoms with E-state index in [1.165, 1.54) is 25.8 Å². The van der Waals surface area contributed by atoms with Crippen molar-refractivity contribution in [3.8, 4) is 11.5 Å². The quantitative estimate of drug-likeness (QED) is 0.436. The number of thioether (sulfide) groups is 2.